The van der Waals surface area contributed by atoms with Crippen LogP contribution in [-0.2, 0) is 20.7 Å². The van der Waals surface area contributed by atoms with Gasteiger partial charge in [-0.1, -0.05) is 5.21 Å². The summed E-state index contributed by atoms with van der Waals surface area (Å²) < 4.78 is 6.23. The van der Waals surface area contributed by atoms with Gasteiger partial charge in [0, 0.05) is 26.5 Å². The fraction of sp³-hybridized carbons (Fsp3) is 0.636. The summed E-state index contributed by atoms with van der Waals surface area (Å²) >= 11 is 0. The molecular weight excluding hydrogens is 252 g/mol. The van der Waals surface area contributed by atoms with Crippen molar-refractivity contribution in [2.75, 3.05) is 20.3 Å². The van der Waals surface area contributed by atoms with E-state index in [0.29, 0.717) is 18.8 Å². The zero-order valence-corrected chi connectivity index (χ0v) is 11.0. The third-order valence-electron chi connectivity index (χ3n) is 2.49. The number of carbonyl (C=O) groups is 2. The van der Waals surface area contributed by atoms with Crippen LogP contribution in [0.3, 0.4) is 0 Å². The van der Waals surface area contributed by atoms with Crippen LogP contribution in [0.15, 0.2) is 6.20 Å². The van der Waals surface area contributed by atoms with E-state index in [4.69, 9.17) is 9.84 Å². The van der Waals surface area contributed by atoms with Crippen molar-refractivity contribution < 1.29 is 19.4 Å². The maximum atomic E-state index is 11.8. The Balaban J connectivity index is 2.47. The standard InChI is InChI=1S/C11H18N4O4/c1-8(11(18)12-4-3-5-19-2)15-7-9(13-14-15)6-10(16)17/h7-8H,3-6H2,1-2H3,(H,12,18)(H,16,17). The largest absolute Gasteiger partial charge is 0.481 e. The Bertz CT molecular complexity index is 432. The molecule has 1 heterocycles. The minimum Gasteiger partial charge on any atom is -0.481 e. The third kappa shape index (κ3) is 5.04. The third-order valence-corrected chi connectivity index (χ3v) is 2.49. The quantitative estimate of drug-likeness (QED) is 0.624. The molecule has 0 bridgehead atoms. The van der Waals surface area contributed by atoms with Gasteiger partial charge in [0.2, 0.25) is 5.91 Å². The van der Waals surface area contributed by atoms with E-state index in [2.05, 4.69) is 15.6 Å². The van der Waals surface area contributed by atoms with Crippen molar-refractivity contribution in [3.63, 3.8) is 0 Å². The summed E-state index contributed by atoms with van der Waals surface area (Å²) in [6.07, 6.45) is 1.99. The predicted octanol–water partition coefficient (Wildman–Crippen LogP) is -0.381. The topological polar surface area (TPSA) is 106 Å². The zero-order chi connectivity index (χ0) is 14.3. The number of rotatable bonds is 8. The molecule has 0 radical (unpaired) electrons. The normalized spacial score (nSPS) is 12.1. The van der Waals surface area contributed by atoms with E-state index in [-0.39, 0.29) is 12.3 Å². The molecule has 0 aliphatic heterocycles. The van der Waals surface area contributed by atoms with Gasteiger partial charge in [0.05, 0.1) is 12.1 Å². The summed E-state index contributed by atoms with van der Waals surface area (Å²) in [5, 5.41) is 18.8. The van der Waals surface area contributed by atoms with Gasteiger partial charge in [0.25, 0.3) is 0 Å². The Morgan fingerprint density at radius 3 is 2.95 bits per heavy atom. The predicted molar refractivity (Wildman–Crippen MR) is 65.6 cm³/mol. The Morgan fingerprint density at radius 2 is 2.32 bits per heavy atom. The first-order valence-electron chi connectivity index (χ1n) is 5.93. The Labute approximate surface area is 110 Å². The minimum atomic E-state index is -0.983. The molecule has 1 aromatic rings. The van der Waals surface area contributed by atoms with Crippen LogP contribution in [0.2, 0.25) is 0 Å². The van der Waals surface area contributed by atoms with Gasteiger partial charge in [0.1, 0.15) is 6.04 Å². The lowest BCUT2D eigenvalue weighted by molar-refractivity contribution is -0.136. The number of carboxylic acid groups (broad SMARTS) is 1. The van der Waals surface area contributed by atoms with E-state index >= 15 is 0 Å². The molecule has 0 spiro atoms. The lowest BCUT2D eigenvalue weighted by Crippen LogP contribution is -2.32. The highest BCUT2D eigenvalue weighted by Crippen LogP contribution is 2.05. The summed E-state index contributed by atoms with van der Waals surface area (Å²) in [4.78, 5) is 22.3. The SMILES string of the molecule is COCCCNC(=O)C(C)n1cc(CC(=O)O)nn1. The first-order chi connectivity index (χ1) is 9.04. The maximum absolute atomic E-state index is 11.8. The highest BCUT2D eigenvalue weighted by atomic mass is 16.5. The van der Waals surface area contributed by atoms with Gasteiger partial charge >= 0.3 is 5.97 Å². The van der Waals surface area contributed by atoms with E-state index in [1.807, 2.05) is 0 Å². The van der Waals surface area contributed by atoms with Crippen molar-refractivity contribution in [1.82, 2.24) is 20.3 Å². The fourth-order valence-electron chi connectivity index (χ4n) is 1.43. The molecule has 1 rings (SSSR count). The number of aliphatic carboxylic acids is 1. The molecule has 0 aromatic carbocycles. The number of aromatic nitrogens is 3. The van der Waals surface area contributed by atoms with Crippen LogP contribution in [0, 0.1) is 0 Å². The summed E-state index contributed by atoms with van der Waals surface area (Å²) in [6.45, 7) is 2.78. The maximum Gasteiger partial charge on any atom is 0.309 e. The van der Waals surface area contributed by atoms with Gasteiger partial charge in [-0.3, -0.25) is 9.59 Å². The molecule has 1 aromatic heterocycles. The first kappa shape index (κ1) is 15.1. The molecular formula is C11H18N4O4. The molecule has 8 nitrogen and oxygen atoms in total. The average Bonchev–Trinajstić information content (AvgIpc) is 2.81. The lowest BCUT2D eigenvalue weighted by Gasteiger charge is -2.11. The smallest absolute Gasteiger partial charge is 0.309 e. The summed E-state index contributed by atoms with van der Waals surface area (Å²) in [6, 6.07) is -0.530. The number of carbonyl (C=O) groups excluding carboxylic acids is 1. The molecule has 106 valence electrons. The van der Waals surface area contributed by atoms with Crippen molar-refractivity contribution in [2.45, 2.75) is 25.8 Å². The second-order valence-corrected chi connectivity index (χ2v) is 4.07. The van der Waals surface area contributed by atoms with Crippen LogP contribution in [0.5, 0.6) is 0 Å². The highest BCUT2D eigenvalue weighted by molar-refractivity contribution is 5.79. The molecule has 1 atom stereocenters. The Hall–Kier alpha value is -1.96. The van der Waals surface area contributed by atoms with E-state index in [9.17, 15) is 9.59 Å². The summed E-state index contributed by atoms with van der Waals surface area (Å²) in [5.74, 6) is -1.17. The molecule has 0 fully saturated rings. The van der Waals surface area contributed by atoms with E-state index in [1.165, 1.54) is 10.9 Å². The van der Waals surface area contributed by atoms with Gasteiger partial charge in [-0.25, -0.2) is 4.68 Å². The molecule has 8 heteroatoms. The van der Waals surface area contributed by atoms with Crippen LogP contribution in [0.1, 0.15) is 25.1 Å². The number of nitrogens with zero attached hydrogens (tertiary/aromatic N) is 3. The number of ether oxygens (including phenoxy) is 1. The minimum absolute atomic E-state index is 0.192. The molecule has 0 aliphatic carbocycles. The second-order valence-electron chi connectivity index (χ2n) is 4.07. The summed E-state index contributed by atoms with van der Waals surface area (Å²) in [7, 11) is 1.60. The number of hydrogen-bond acceptors (Lipinski definition) is 5. The van der Waals surface area contributed by atoms with Crippen molar-refractivity contribution in [3.05, 3.63) is 11.9 Å². The van der Waals surface area contributed by atoms with Crippen LogP contribution in [0.25, 0.3) is 0 Å². The van der Waals surface area contributed by atoms with E-state index < -0.39 is 12.0 Å². The summed E-state index contributed by atoms with van der Waals surface area (Å²) in [5.41, 5.74) is 0.325. The highest BCUT2D eigenvalue weighted by Gasteiger charge is 2.16. The first-order valence-corrected chi connectivity index (χ1v) is 5.93. The van der Waals surface area contributed by atoms with Gasteiger partial charge in [-0.05, 0) is 13.3 Å². The van der Waals surface area contributed by atoms with Crippen LogP contribution >= 0.6 is 0 Å². The zero-order valence-electron chi connectivity index (χ0n) is 11.0. The van der Waals surface area contributed by atoms with Crippen molar-refractivity contribution in [3.8, 4) is 0 Å². The Morgan fingerprint density at radius 1 is 1.58 bits per heavy atom. The molecule has 2 N–H and O–H groups in total. The van der Waals surface area contributed by atoms with E-state index in [1.54, 1.807) is 14.0 Å². The number of nitrogens with one attached hydrogen (secondary N) is 1. The van der Waals surface area contributed by atoms with Gasteiger partial charge in [-0.15, -0.1) is 5.10 Å². The molecule has 0 saturated carbocycles. The fourth-order valence-corrected chi connectivity index (χ4v) is 1.43. The molecule has 1 unspecified atom stereocenters. The lowest BCUT2D eigenvalue weighted by atomic mass is 10.3. The Kier molecular flexibility index (Phi) is 5.94. The molecule has 1 amide bonds. The molecule has 19 heavy (non-hydrogen) atoms. The van der Waals surface area contributed by atoms with Crippen LogP contribution in [-0.4, -0.2) is 52.2 Å². The second kappa shape index (κ2) is 7.47. The van der Waals surface area contributed by atoms with E-state index in [0.717, 1.165) is 6.42 Å². The van der Waals surface area contributed by atoms with Crippen LogP contribution in [0.4, 0.5) is 0 Å². The van der Waals surface area contributed by atoms with Crippen molar-refractivity contribution in [2.24, 2.45) is 0 Å². The number of hydrogen-bond donors (Lipinski definition) is 2. The van der Waals surface area contributed by atoms with Crippen molar-refractivity contribution >= 4 is 11.9 Å². The number of amides is 1. The average molecular weight is 270 g/mol. The number of carboxylic acids is 1. The number of methoxy groups -OCH3 is 1. The van der Waals surface area contributed by atoms with Gasteiger partial charge in [-0.2, -0.15) is 0 Å². The molecule has 0 saturated heterocycles. The van der Waals surface area contributed by atoms with Crippen LogP contribution < -0.4 is 5.32 Å². The monoisotopic (exact) mass is 270 g/mol. The van der Waals surface area contributed by atoms with Gasteiger partial charge in [0.15, 0.2) is 0 Å². The molecule has 0 aliphatic rings. The van der Waals surface area contributed by atoms with Crippen molar-refractivity contribution in [1.29, 1.82) is 0 Å². The van der Waals surface area contributed by atoms with Gasteiger partial charge < -0.3 is 15.2 Å².